The fourth-order valence-electron chi connectivity index (χ4n) is 2.42. The van der Waals surface area contributed by atoms with E-state index >= 15 is 0 Å². The lowest BCUT2D eigenvalue weighted by molar-refractivity contribution is -0.119. The van der Waals surface area contributed by atoms with Crippen molar-refractivity contribution in [2.75, 3.05) is 0 Å². The average Bonchev–Trinajstić information content (AvgIpc) is 2.43. The molecule has 1 amide bonds. The molecule has 1 fully saturated rings. The minimum atomic E-state index is -0.438. The summed E-state index contributed by atoms with van der Waals surface area (Å²) in [6.07, 6.45) is 4.57. The minimum Gasteiger partial charge on any atom is -0.445 e. The maximum absolute atomic E-state index is 11.7. The number of hydrogen-bond donors (Lipinski definition) is 1. The number of alkyl carbamates (subject to hydrolysis) is 1. The molecule has 0 aliphatic heterocycles. The Labute approximate surface area is 119 Å². The molecule has 2 rings (SSSR count). The van der Waals surface area contributed by atoms with Gasteiger partial charge in [0.1, 0.15) is 12.4 Å². The van der Waals surface area contributed by atoms with E-state index in [1.165, 1.54) is 0 Å². The first-order chi connectivity index (χ1) is 9.74. The second kappa shape index (κ2) is 7.68. The van der Waals surface area contributed by atoms with Crippen LogP contribution in [0.1, 0.15) is 44.1 Å². The van der Waals surface area contributed by atoms with E-state index in [1.807, 2.05) is 30.3 Å². The molecule has 4 nitrogen and oxygen atoms in total. The second-order valence-electron chi connectivity index (χ2n) is 5.25. The van der Waals surface area contributed by atoms with Gasteiger partial charge in [-0.1, -0.05) is 43.2 Å². The standard InChI is InChI=1S/C16H21NO3/c18-15-10-6-2-5-9-14(11-15)17-16(19)20-12-13-7-3-1-4-8-13/h1,3-4,7-8,14H,2,5-6,9-12H2,(H,17,19)/t14-/m0/s1. The molecule has 1 aromatic carbocycles. The first kappa shape index (κ1) is 14.6. The molecule has 1 atom stereocenters. The molecule has 0 spiro atoms. The van der Waals surface area contributed by atoms with Gasteiger partial charge in [0, 0.05) is 18.9 Å². The van der Waals surface area contributed by atoms with Crippen LogP contribution in [0.4, 0.5) is 4.79 Å². The Morgan fingerprint density at radius 1 is 1.20 bits per heavy atom. The Balaban J connectivity index is 1.76. The van der Waals surface area contributed by atoms with Crippen LogP contribution in [0.5, 0.6) is 0 Å². The summed E-state index contributed by atoms with van der Waals surface area (Å²) in [6.45, 7) is 0.257. The van der Waals surface area contributed by atoms with Crippen LogP contribution < -0.4 is 5.32 Å². The van der Waals surface area contributed by atoms with Crippen molar-refractivity contribution < 1.29 is 14.3 Å². The molecule has 0 heterocycles. The van der Waals surface area contributed by atoms with E-state index in [4.69, 9.17) is 4.74 Å². The highest BCUT2D eigenvalue weighted by Gasteiger charge is 2.18. The fraction of sp³-hybridized carbons (Fsp3) is 0.500. The summed E-state index contributed by atoms with van der Waals surface area (Å²) in [6, 6.07) is 9.47. The number of nitrogens with one attached hydrogen (secondary N) is 1. The summed E-state index contributed by atoms with van der Waals surface area (Å²) in [4.78, 5) is 23.4. The predicted molar refractivity (Wildman–Crippen MR) is 76.3 cm³/mol. The summed E-state index contributed by atoms with van der Waals surface area (Å²) in [7, 11) is 0. The van der Waals surface area contributed by atoms with Crippen LogP contribution in [-0.4, -0.2) is 17.9 Å². The van der Waals surface area contributed by atoms with Crippen molar-refractivity contribution in [2.24, 2.45) is 0 Å². The van der Waals surface area contributed by atoms with Crippen LogP contribution in [0.25, 0.3) is 0 Å². The summed E-state index contributed by atoms with van der Waals surface area (Å²) in [5, 5.41) is 2.81. The number of Topliss-reactive ketones (excluding diaryl/α,β-unsaturated/α-hetero) is 1. The highest BCUT2D eigenvalue weighted by molar-refractivity contribution is 5.79. The SMILES string of the molecule is O=C1CCCCC[C@H](NC(=O)OCc2ccccc2)C1. The monoisotopic (exact) mass is 275 g/mol. The van der Waals surface area contributed by atoms with Gasteiger partial charge in [-0.2, -0.15) is 0 Å². The molecule has 1 saturated carbocycles. The molecular formula is C16H21NO3. The quantitative estimate of drug-likeness (QED) is 0.921. The molecule has 20 heavy (non-hydrogen) atoms. The molecule has 108 valence electrons. The molecule has 0 aromatic heterocycles. The Hall–Kier alpha value is -1.84. The number of benzene rings is 1. The Morgan fingerprint density at radius 3 is 2.80 bits per heavy atom. The third-order valence-electron chi connectivity index (χ3n) is 3.52. The molecule has 0 unspecified atom stereocenters. The van der Waals surface area contributed by atoms with E-state index in [9.17, 15) is 9.59 Å². The number of carbonyl (C=O) groups is 2. The van der Waals surface area contributed by atoms with Crippen LogP contribution >= 0.6 is 0 Å². The van der Waals surface area contributed by atoms with Gasteiger partial charge in [-0.15, -0.1) is 0 Å². The van der Waals surface area contributed by atoms with Crippen molar-refractivity contribution in [3.63, 3.8) is 0 Å². The van der Waals surface area contributed by atoms with Crippen LogP contribution in [0.2, 0.25) is 0 Å². The molecule has 1 aliphatic rings. The fourth-order valence-corrected chi connectivity index (χ4v) is 2.42. The summed E-state index contributed by atoms with van der Waals surface area (Å²) in [5.74, 6) is 0.234. The van der Waals surface area contributed by atoms with Gasteiger partial charge in [0.25, 0.3) is 0 Å². The van der Waals surface area contributed by atoms with Gasteiger partial charge < -0.3 is 10.1 Å². The molecule has 0 radical (unpaired) electrons. The Kier molecular flexibility index (Phi) is 5.59. The summed E-state index contributed by atoms with van der Waals surface area (Å²) < 4.78 is 5.18. The molecule has 0 saturated heterocycles. The second-order valence-corrected chi connectivity index (χ2v) is 5.25. The zero-order chi connectivity index (χ0) is 14.2. The number of ether oxygens (including phenoxy) is 1. The predicted octanol–water partition coefficient (Wildman–Crippen LogP) is 3.20. The Bertz CT molecular complexity index is 444. The van der Waals surface area contributed by atoms with E-state index in [0.29, 0.717) is 12.8 Å². The zero-order valence-electron chi connectivity index (χ0n) is 11.6. The zero-order valence-corrected chi connectivity index (χ0v) is 11.6. The van der Waals surface area contributed by atoms with Crippen LogP contribution in [0, 0.1) is 0 Å². The van der Waals surface area contributed by atoms with Gasteiger partial charge in [0.15, 0.2) is 0 Å². The van der Waals surface area contributed by atoms with Crippen molar-refractivity contribution >= 4 is 11.9 Å². The number of ketones is 1. The lowest BCUT2D eigenvalue weighted by atomic mass is 9.96. The molecule has 0 bridgehead atoms. The number of amides is 1. The minimum absolute atomic E-state index is 0.0777. The lowest BCUT2D eigenvalue weighted by Crippen LogP contribution is -2.37. The molecule has 1 N–H and O–H groups in total. The highest BCUT2D eigenvalue weighted by atomic mass is 16.5. The van der Waals surface area contributed by atoms with Crippen molar-refractivity contribution in [1.82, 2.24) is 5.32 Å². The van der Waals surface area contributed by atoms with Gasteiger partial charge in [0.2, 0.25) is 0 Å². The average molecular weight is 275 g/mol. The van der Waals surface area contributed by atoms with Crippen molar-refractivity contribution in [3.05, 3.63) is 35.9 Å². The number of rotatable bonds is 3. The Morgan fingerprint density at radius 2 is 2.00 bits per heavy atom. The van der Waals surface area contributed by atoms with E-state index in [2.05, 4.69) is 5.32 Å². The van der Waals surface area contributed by atoms with Gasteiger partial charge in [-0.25, -0.2) is 4.79 Å². The highest BCUT2D eigenvalue weighted by Crippen LogP contribution is 2.15. The molecule has 1 aliphatic carbocycles. The van der Waals surface area contributed by atoms with Gasteiger partial charge in [-0.3, -0.25) is 4.79 Å². The van der Waals surface area contributed by atoms with Crippen molar-refractivity contribution in [3.8, 4) is 0 Å². The first-order valence-corrected chi connectivity index (χ1v) is 7.23. The van der Waals surface area contributed by atoms with E-state index in [-0.39, 0.29) is 18.4 Å². The van der Waals surface area contributed by atoms with Crippen molar-refractivity contribution in [1.29, 1.82) is 0 Å². The number of hydrogen-bond acceptors (Lipinski definition) is 3. The van der Waals surface area contributed by atoms with Crippen LogP contribution in [-0.2, 0) is 16.1 Å². The van der Waals surface area contributed by atoms with E-state index < -0.39 is 6.09 Å². The largest absolute Gasteiger partial charge is 0.445 e. The van der Waals surface area contributed by atoms with Gasteiger partial charge in [-0.05, 0) is 18.4 Å². The van der Waals surface area contributed by atoms with E-state index in [0.717, 1.165) is 31.2 Å². The van der Waals surface area contributed by atoms with Gasteiger partial charge in [0.05, 0.1) is 0 Å². The smallest absolute Gasteiger partial charge is 0.407 e. The van der Waals surface area contributed by atoms with Crippen LogP contribution in [0.3, 0.4) is 0 Å². The van der Waals surface area contributed by atoms with E-state index in [1.54, 1.807) is 0 Å². The van der Waals surface area contributed by atoms with Gasteiger partial charge >= 0.3 is 6.09 Å². The molecule has 1 aromatic rings. The van der Waals surface area contributed by atoms with Crippen LogP contribution in [0.15, 0.2) is 30.3 Å². The number of carbonyl (C=O) groups excluding carboxylic acids is 2. The third kappa shape index (κ3) is 5.03. The maximum Gasteiger partial charge on any atom is 0.407 e. The molecular weight excluding hydrogens is 254 g/mol. The molecule has 4 heteroatoms. The summed E-state index contributed by atoms with van der Waals surface area (Å²) >= 11 is 0. The third-order valence-corrected chi connectivity index (χ3v) is 3.52. The first-order valence-electron chi connectivity index (χ1n) is 7.23. The topological polar surface area (TPSA) is 55.4 Å². The van der Waals surface area contributed by atoms with Crippen molar-refractivity contribution in [2.45, 2.75) is 51.2 Å². The lowest BCUT2D eigenvalue weighted by Gasteiger charge is -2.20. The summed E-state index contributed by atoms with van der Waals surface area (Å²) in [5.41, 5.74) is 0.955. The maximum atomic E-state index is 11.7. The normalized spacial score (nSPS) is 19.8.